The van der Waals surface area contributed by atoms with E-state index in [4.69, 9.17) is 4.74 Å². The van der Waals surface area contributed by atoms with Gasteiger partial charge in [-0.05, 0) is 37.8 Å². The Morgan fingerprint density at radius 2 is 1.97 bits per heavy atom. The van der Waals surface area contributed by atoms with Crippen molar-refractivity contribution in [3.05, 3.63) is 42.0 Å². The molecule has 0 spiro atoms. The molecule has 0 aromatic heterocycles. The van der Waals surface area contributed by atoms with Gasteiger partial charge in [-0.2, -0.15) is 0 Å². The lowest BCUT2D eigenvalue weighted by atomic mass is 9.87. The van der Waals surface area contributed by atoms with Gasteiger partial charge in [0.05, 0.1) is 12.0 Å². The van der Waals surface area contributed by atoms with Crippen LogP contribution in [0.4, 0.5) is 4.79 Å². The largest absolute Gasteiger partial charge is 0.445 e. The Morgan fingerprint density at radius 1 is 1.25 bits per heavy atom. The predicted molar refractivity (Wildman–Crippen MR) is 119 cm³/mol. The first kappa shape index (κ1) is 23.7. The summed E-state index contributed by atoms with van der Waals surface area (Å²) in [6.45, 7) is 4.98. The monoisotopic (exact) mass is 444 g/mol. The van der Waals surface area contributed by atoms with Crippen LogP contribution in [0, 0.1) is 5.92 Å². The Morgan fingerprint density at radius 3 is 2.56 bits per heavy atom. The summed E-state index contributed by atoms with van der Waals surface area (Å²) in [5.74, 6) is -1.74. The van der Waals surface area contributed by atoms with Crippen LogP contribution in [-0.4, -0.2) is 77.8 Å². The van der Waals surface area contributed by atoms with E-state index in [0.717, 1.165) is 12.0 Å². The third-order valence-electron chi connectivity index (χ3n) is 6.19. The van der Waals surface area contributed by atoms with Gasteiger partial charge >= 0.3 is 6.09 Å². The summed E-state index contributed by atoms with van der Waals surface area (Å²) in [7, 11) is 1.64. The van der Waals surface area contributed by atoms with Crippen LogP contribution in [0.5, 0.6) is 0 Å². The van der Waals surface area contributed by atoms with E-state index in [1.807, 2.05) is 50.3 Å². The van der Waals surface area contributed by atoms with Crippen molar-refractivity contribution in [3.8, 4) is 0 Å². The zero-order valence-corrected chi connectivity index (χ0v) is 18.8. The molecule has 2 heterocycles. The molecule has 3 amide bonds. The average molecular weight is 445 g/mol. The third-order valence-corrected chi connectivity index (χ3v) is 6.19. The van der Waals surface area contributed by atoms with E-state index in [0.29, 0.717) is 13.1 Å². The maximum Gasteiger partial charge on any atom is 0.410 e. The van der Waals surface area contributed by atoms with Gasteiger partial charge in [0.15, 0.2) is 0 Å². The molecule has 1 unspecified atom stereocenters. The Bertz CT molecular complexity index is 857. The Labute approximate surface area is 188 Å². The van der Waals surface area contributed by atoms with Gasteiger partial charge in [-0.1, -0.05) is 36.4 Å². The van der Waals surface area contributed by atoms with Gasteiger partial charge < -0.3 is 19.9 Å². The molecule has 0 radical (unpaired) electrons. The topological polar surface area (TPSA) is 111 Å². The molecule has 0 aliphatic carbocycles. The summed E-state index contributed by atoms with van der Waals surface area (Å²) >= 11 is 0. The number of amides is 3. The first-order chi connectivity index (χ1) is 15.3. The molecular formula is C23H32N4O5. The van der Waals surface area contributed by atoms with Crippen molar-refractivity contribution >= 4 is 23.5 Å². The molecule has 1 fully saturated rings. The quantitative estimate of drug-likeness (QED) is 0.470. The Hall–Kier alpha value is -2.91. The van der Waals surface area contributed by atoms with Crippen molar-refractivity contribution in [1.29, 1.82) is 0 Å². The van der Waals surface area contributed by atoms with E-state index in [1.54, 1.807) is 17.4 Å². The van der Waals surface area contributed by atoms with E-state index in [1.165, 1.54) is 10.5 Å². The number of nitrogens with one attached hydrogen (secondary N) is 2. The van der Waals surface area contributed by atoms with Gasteiger partial charge in [-0.3, -0.25) is 14.8 Å². The molecule has 9 nitrogen and oxygen atoms in total. The molecule has 1 aromatic rings. The standard InChI is InChI=1S/C23H32N4O5/c1-15(2)26(3)23(30)32-18-13-19(21(28)25-31)20(24-14-18)22(29)27-11-9-17(10-12-27)16-7-5-4-6-8-16/h4-9,15,18-20,24,31H,10-14H2,1-3H3,(H,25,28)/t18?,19-,20-/m0/s1. The summed E-state index contributed by atoms with van der Waals surface area (Å²) in [6, 6.07) is 9.21. The molecule has 0 bridgehead atoms. The van der Waals surface area contributed by atoms with E-state index in [9.17, 15) is 19.6 Å². The van der Waals surface area contributed by atoms with Crippen molar-refractivity contribution in [3.63, 3.8) is 0 Å². The van der Waals surface area contributed by atoms with Gasteiger partial charge in [-0.25, -0.2) is 10.3 Å². The molecular weight excluding hydrogens is 412 g/mol. The number of carbonyl (C=O) groups is 3. The number of ether oxygens (including phenoxy) is 1. The number of piperidine rings is 1. The van der Waals surface area contributed by atoms with E-state index >= 15 is 0 Å². The normalized spacial score (nSPS) is 23.3. The number of rotatable bonds is 5. The lowest BCUT2D eigenvalue weighted by Gasteiger charge is -2.38. The van der Waals surface area contributed by atoms with Crippen molar-refractivity contribution in [1.82, 2.24) is 20.6 Å². The van der Waals surface area contributed by atoms with Crippen molar-refractivity contribution < 1.29 is 24.3 Å². The van der Waals surface area contributed by atoms with E-state index < -0.39 is 30.1 Å². The van der Waals surface area contributed by atoms with Crippen LogP contribution in [0.2, 0.25) is 0 Å². The summed E-state index contributed by atoms with van der Waals surface area (Å²) in [5.41, 5.74) is 3.99. The first-order valence-corrected chi connectivity index (χ1v) is 11.0. The molecule has 2 aliphatic heterocycles. The van der Waals surface area contributed by atoms with Crippen molar-refractivity contribution in [2.24, 2.45) is 5.92 Å². The Balaban J connectivity index is 1.65. The van der Waals surface area contributed by atoms with Crippen LogP contribution < -0.4 is 10.8 Å². The SMILES string of the molecule is CC(C)N(C)C(=O)OC1CN[C@H](C(=O)N2CC=C(c3ccccc3)CC2)[C@@H](C(=O)NO)C1. The lowest BCUT2D eigenvalue weighted by molar-refractivity contribution is -0.145. The van der Waals surface area contributed by atoms with E-state index in [-0.39, 0.29) is 24.9 Å². The van der Waals surface area contributed by atoms with Crippen LogP contribution in [0.25, 0.3) is 5.57 Å². The zero-order valence-electron chi connectivity index (χ0n) is 18.8. The van der Waals surface area contributed by atoms with Crippen LogP contribution in [0.15, 0.2) is 36.4 Å². The molecule has 3 rings (SSSR count). The second-order valence-electron chi connectivity index (χ2n) is 8.54. The molecule has 1 saturated heterocycles. The molecule has 32 heavy (non-hydrogen) atoms. The number of hydroxylamine groups is 1. The summed E-state index contributed by atoms with van der Waals surface area (Å²) in [6.07, 6.45) is 1.83. The second kappa shape index (κ2) is 10.6. The minimum absolute atomic E-state index is 0.0298. The minimum Gasteiger partial charge on any atom is -0.445 e. The zero-order chi connectivity index (χ0) is 23.3. The second-order valence-corrected chi connectivity index (χ2v) is 8.54. The smallest absolute Gasteiger partial charge is 0.410 e. The van der Waals surface area contributed by atoms with Gasteiger partial charge in [0, 0.05) is 32.7 Å². The minimum atomic E-state index is -0.858. The number of carbonyl (C=O) groups excluding carboxylic acids is 3. The number of benzene rings is 1. The highest BCUT2D eigenvalue weighted by Crippen LogP contribution is 2.26. The molecule has 3 atom stereocenters. The molecule has 9 heteroatoms. The molecule has 2 aliphatic rings. The lowest BCUT2D eigenvalue weighted by Crippen LogP contribution is -2.60. The maximum absolute atomic E-state index is 13.2. The highest BCUT2D eigenvalue weighted by atomic mass is 16.6. The first-order valence-electron chi connectivity index (χ1n) is 11.0. The summed E-state index contributed by atoms with van der Waals surface area (Å²) in [4.78, 5) is 41.0. The highest BCUT2D eigenvalue weighted by molar-refractivity contribution is 5.90. The maximum atomic E-state index is 13.2. The number of hydrogen-bond donors (Lipinski definition) is 3. The highest BCUT2D eigenvalue weighted by Gasteiger charge is 2.42. The van der Waals surface area contributed by atoms with E-state index in [2.05, 4.69) is 5.32 Å². The molecule has 174 valence electrons. The fourth-order valence-electron chi connectivity index (χ4n) is 4.01. The van der Waals surface area contributed by atoms with Crippen LogP contribution >= 0.6 is 0 Å². The van der Waals surface area contributed by atoms with Crippen molar-refractivity contribution in [2.75, 3.05) is 26.7 Å². The van der Waals surface area contributed by atoms with Crippen molar-refractivity contribution in [2.45, 2.75) is 44.9 Å². The predicted octanol–water partition coefficient (Wildman–Crippen LogP) is 1.63. The van der Waals surface area contributed by atoms with Gasteiger partial charge in [0.1, 0.15) is 6.10 Å². The van der Waals surface area contributed by atoms with Crippen LogP contribution in [-0.2, 0) is 14.3 Å². The summed E-state index contributed by atoms with van der Waals surface area (Å²) < 4.78 is 5.50. The molecule has 1 aromatic carbocycles. The van der Waals surface area contributed by atoms with Crippen LogP contribution in [0.3, 0.4) is 0 Å². The Kier molecular flexibility index (Phi) is 7.87. The van der Waals surface area contributed by atoms with Gasteiger partial charge in [0.25, 0.3) is 0 Å². The van der Waals surface area contributed by atoms with Gasteiger partial charge in [0.2, 0.25) is 11.8 Å². The van der Waals surface area contributed by atoms with Crippen LogP contribution in [0.1, 0.15) is 32.3 Å². The fraction of sp³-hybridized carbons (Fsp3) is 0.522. The summed E-state index contributed by atoms with van der Waals surface area (Å²) in [5, 5.41) is 12.3. The number of nitrogens with zero attached hydrogens (tertiary/aromatic N) is 2. The average Bonchev–Trinajstić information content (AvgIpc) is 2.83. The van der Waals surface area contributed by atoms with Gasteiger partial charge in [-0.15, -0.1) is 0 Å². The molecule has 3 N–H and O–H groups in total. The third kappa shape index (κ3) is 5.46. The number of hydrogen-bond acceptors (Lipinski definition) is 6. The molecule has 0 saturated carbocycles. The fourth-order valence-corrected chi connectivity index (χ4v) is 4.01.